The van der Waals surface area contributed by atoms with Crippen molar-refractivity contribution in [2.24, 2.45) is 0 Å². The third-order valence-electron chi connectivity index (χ3n) is 5.22. The van der Waals surface area contributed by atoms with Gasteiger partial charge in [0.05, 0.1) is 18.6 Å². The number of benzene rings is 3. The van der Waals surface area contributed by atoms with Crippen LogP contribution in [-0.2, 0) is 11.3 Å². The molecule has 5 rings (SSSR count). The van der Waals surface area contributed by atoms with E-state index in [1.807, 2.05) is 66.7 Å². The molecule has 4 aromatic rings. The number of hydrogen-bond acceptors (Lipinski definition) is 4. The fourth-order valence-electron chi connectivity index (χ4n) is 3.62. The molecule has 1 aromatic heterocycles. The Kier molecular flexibility index (Phi) is 5.10. The van der Waals surface area contributed by atoms with Gasteiger partial charge in [-0.2, -0.15) is 0 Å². The lowest BCUT2D eigenvalue weighted by atomic mass is 10.1. The summed E-state index contributed by atoms with van der Waals surface area (Å²) in [6, 6.07) is 25.5. The Morgan fingerprint density at radius 1 is 0.935 bits per heavy atom. The number of aromatic nitrogens is 2. The number of ether oxygens (including phenoxy) is 2. The molecule has 1 N–H and O–H groups in total. The lowest BCUT2D eigenvalue weighted by molar-refractivity contribution is -0.127. The van der Waals surface area contributed by atoms with Gasteiger partial charge in [0.2, 0.25) is 6.10 Å². The molecule has 0 spiro atoms. The van der Waals surface area contributed by atoms with Gasteiger partial charge in [-0.05, 0) is 35.4 Å². The lowest BCUT2D eigenvalue weighted by Crippen LogP contribution is -2.46. The second-order valence-electron chi connectivity index (χ2n) is 7.28. The zero-order chi connectivity index (χ0) is 21.0. The zero-order valence-electron chi connectivity index (χ0n) is 16.8. The van der Waals surface area contributed by atoms with E-state index in [9.17, 15) is 4.79 Å². The first-order valence-corrected chi connectivity index (χ1v) is 10.1. The van der Waals surface area contributed by atoms with E-state index in [1.54, 1.807) is 17.4 Å². The molecule has 6 nitrogen and oxygen atoms in total. The number of rotatable bonds is 5. The molecule has 0 saturated carbocycles. The standard InChI is InChI=1S/C25H21N3O3/c29-25(24-16-30-22-8-4-5-9-23(22)31-24)28(15-20-14-26-17-27-20)21-12-10-19(11-13-21)18-6-2-1-3-7-18/h1-14,17,24H,15-16H2,(H,26,27). The molecule has 2 heterocycles. The van der Waals surface area contributed by atoms with Crippen LogP contribution >= 0.6 is 0 Å². The smallest absolute Gasteiger partial charge is 0.272 e. The van der Waals surface area contributed by atoms with Crippen molar-refractivity contribution in [3.05, 3.63) is 97.1 Å². The maximum Gasteiger partial charge on any atom is 0.272 e. The molecule has 0 radical (unpaired) electrons. The van der Waals surface area contributed by atoms with Crippen molar-refractivity contribution < 1.29 is 14.3 Å². The van der Waals surface area contributed by atoms with Crippen LogP contribution in [0.1, 0.15) is 5.69 Å². The first-order valence-electron chi connectivity index (χ1n) is 10.1. The topological polar surface area (TPSA) is 67.5 Å². The minimum atomic E-state index is -0.730. The first-order chi connectivity index (χ1) is 15.3. The third kappa shape index (κ3) is 4.00. The minimum Gasteiger partial charge on any atom is -0.485 e. The van der Waals surface area contributed by atoms with E-state index < -0.39 is 6.10 Å². The third-order valence-corrected chi connectivity index (χ3v) is 5.22. The summed E-state index contributed by atoms with van der Waals surface area (Å²) < 4.78 is 11.7. The van der Waals surface area contributed by atoms with E-state index >= 15 is 0 Å². The monoisotopic (exact) mass is 411 g/mol. The van der Waals surface area contributed by atoms with E-state index in [-0.39, 0.29) is 12.5 Å². The highest BCUT2D eigenvalue weighted by molar-refractivity contribution is 5.97. The highest BCUT2D eigenvalue weighted by atomic mass is 16.6. The molecule has 31 heavy (non-hydrogen) atoms. The van der Waals surface area contributed by atoms with Gasteiger partial charge in [-0.3, -0.25) is 4.79 Å². The Morgan fingerprint density at radius 3 is 2.39 bits per heavy atom. The van der Waals surface area contributed by atoms with Gasteiger partial charge in [0.25, 0.3) is 5.91 Å². The van der Waals surface area contributed by atoms with E-state index in [0.717, 1.165) is 22.5 Å². The molecular formula is C25H21N3O3. The first kappa shape index (κ1) is 18.9. The SMILES string of the molecule is O=C(C1COc2ccccc2O1)N(Cc1cnc[nH]1)c1ccc(-c2ccccc2)cc1. The predicted octanol–water partition coefficient (Wildman–Crippen LogP) is 4.45. The van der Waals surface area contributed by atoms with Crippen molar-refractivity contribution in [1.29, 1.82) is 0 Å². The Labute approximate surface area is 180 Å². The van der Waals surface area contributed by atoms with Crippen LogP contribution in [-0.4, -0.2) is 28.6 Å². The van der Waals surface area contributed by atoms with Gasteiger partial charge in [-0.1, -0.05) is 54.6 Å². The average molecular weight is 411 g/mol. The van der Waals surface area contributed by atoms with E-state index in [4.69, 9.17) is 9.47 Å². The van der Waals surface area contributed by atoms with Crippen molar-refractivity contribution in [3.63, 3.8) is 0 Å². The lowest BCUT2D eigenvalue weighted by Gasteiger charge is -2.30. The molecule has 0 fully saturated rings. The molecule has 1 aliphatic rings. The van der Waals surface area contributed by atoms with Crippen LogP contribution in [0.3, 0.4) is 0 Å². The minimum absolute atomic E-state index is 0.164. The normalized spacial score (nSPS) is 14.8. The van der Waals surface area contributed by atoms with Crippen LogP contribution in [0.2, 0.25) is 0 Å². The van der Waals surface area contributed by atoms with Crippen molar-refractivity contribution in [2.45, 2.75) is 12.6 Å². The molecule has 1 atom stereocenters. The van der Waals surface area contributed by atoms with Crippen LogP contribution in [0, 0.1) is 0 Å². The number of carbonyl (C=O) groups excluding carboxylic acids is 1. The average Bonchev–Trinajstić information content (AvgIpc) is 3.36. The highest BCUT2D eigenvalue weighted by Crippen LogP contribution is 2.32. The fourth-order valence-corrected chi connectivity index (χ4v) is 3.62. The van der Waals surface area contributed by atoms with Gasteiger partial charge in [-0.25, -0.2) is 4.98 Å². The molecule has 1 unspecified atom stereocenters. The van der Waals surface area contributed by atoms with Crippen molar-refractivity contribution in [2.75, 3.05) is 11.5 Å². The van der Waals surface area contributed by atoms with Crippen molar-refractivity contribution in [3.8, 4) is 22.6 Å². The van der Waals surface area contributed by atoms with Crippen LogP contribution in [0.4, 0.5) is 5.69 Å². The maximum atomic E-state index is 13.5. The van der Waals surface area contributed by atoms with Crippen molar-refractivity contribution in [1.82, 2.24) is 9.97 Å². The molecule has 0 bridgehead atoms. The van der Waals surface area contributed by atoms with Gasteiger partial charge < -0.3 is 19.4 Å². The molecular weight excluding hydrogens is 390 g/mol. The molecule has 3 aromatic carbocycles. The van der Waals surface area contributed by atoms with Crippen LogP contribution < -0.4 is 14.4 Å². The molecule has 0 saturated heterocycles. The highest BCUT2D eigenvalue weighted by Gasteiger charge is 2.32. The van der Waals surface area contributed by atoms with Crippen LogP contribution in [0.5, 0.6) is 11.5 Å². The number of nitrogens with one attached hydrogen (secondary N) is 1. The zero-order valence-corrected chi connectivity index (χ0v) is 16.8. The Hall–Kier alpha value is -4.06. The number of amides is 1. The predicted molar refractivity (Wildman–Crippen MR) is 118 cm³/mol. The van der Waals surface area contributed by atoms with Gasteiger partial charge in [-0.15, -0.1) is 0 Å². The molecule has 0 aliphatic carbocycles. The summed E-state index contributed by atoms with van der Waals surface area (Å²) in [7, 11) is 0. The Balaban J connectivity index is 1.42. The molecule has 1 aliphatic heterocycles. The number of H-pyrrole nitrogens is 1. The van der Waals surface area contributed by atoms with E-state index in [1.165, 1.54) is 0 Å². The quantitative estimate of drug-likeness (QED) is 0.527. The Morgan fingerprint density at radius 2 is 1.65 bits per heavy atom. The number of imidazole rings is 1. The number of para-hydroxylation sites is 2. The number of hydrogen-bond donors (Lipinski definition) is 1. The molecule has 6 heteroatoms. The molecule has 154 valence electrons. The summed E-state index contributed by atoms with van der Waals surface area (Å²) in [6.45, 7) is 0.516. The summed E-state index contributed by atoms with van der Waals surface area (Å²) in [5, 5.41) is 0. The largest absolute Gasteiger partial charge is 0.485 e. The summed E-state index contributed by atoms with van der Waals surface area (Å²) in [4.78, 5) is 22.3. The van der Waals surface area contributed by atoms with Gasteiger partial charge in [0.1, 0.15) is 6.61 Å². The number of nitrogens with zero attached hydrogens (tertiary/aromatic N) is 2. The summed E-state index contributed by atoms with van der Waals surface area (Å²) >= 11 is 0. The van der Waals surface area contributed by atoms with Gasteiger partial charge in [0, 0.05) is 11.9 Å². The summed E-state index contributed by atoms with van der Waals surface area (Å²) in [5.41, 5.74) is 3.82. The number of fused-ring (bicyclic) bond motifs is 1. The summed E-state index contributed by atoms with van der Waals surface area (Å²) in [6.07, 6.45) is 2.59. The van der Waals surface area contributed by atoms with E-state index in [0.29, 0.717) is 18.0 Å². The second kappa shape index (κ2) is 8.36. The Bertz CT molecular complexity index is 1160. The number of carbonyl (C=O) groups is 1. The fraction of sp³-hybridized carbons (Fsp3) is 0.120. The van der Waals surface area contributed by atoms with Crippen LogP contribution in [0.15, 0.2) is 91.4 Å². The summed E-state index contributed by atoms with van der Waals surface area (Å²) in [5.74, 6) is 1.06. The molecule has 1 amide bonds. The maximum absolute atomic E-state index is 13.5. The number of anilines is 1. The second-order valence-corrected chi connectivity index (χ2v) is 7.28. The van der Waals surface area contributed by atoms with Crippen molar-refractivity contribution >= 4 is 11.6 Å². The van der Waals surface area contributed by atoms with Gasteiger partial charge >= 0.3 is 0 Å². The van der Waals surface area contributed by atoms with Crippen LogP contribution in [0.25, 0.3) is 11.1 Å². The number of aromatic amines is 1. The van der Waals surface area contributed by atoms with Gasteiger partial charge in [0.15, 0.2) is 11.5 Å². The van der Waals surface area contributed by atoms with E-state index in [2.05, 4.69) is 22.1 Å².